The molecule has 0 saturated heterocycles. The van der Waals surface area contributed by atoms with E-state index in [-0.39, 0.29) is 12.1 Å². The summed E-state index contributed by atoms with van der Waals surface area (Å²) in [6.07, 6.45) is 3.41. The summed E-state index contributed by atoms with van der Waals surface area (Å²) in [5.74, 6) is 0.0951. The molecule has 0 bridgehead atoms. The largest absolute Gasteiger partial charge is 0.393 e. The van der Waals surface area contributed by atoms with Crippen molar-refractivity contribution >= 4 is 5.96 Å². The number of aliphatic hydroxyl groups is 1. The van der Waals surface area contributed by atoms with E-state index >= 15 is 0 Å². The van der Waals surface area contributed by atoms with Crippen LogP contribution >= 0.6 is 0 Å². The van der Waals surface area contributed by atoms with Crippen LogP contribution in [-0.2, 0) is 0 Å². The van der Waals surface area contributed by atoms with Crippen molar-refractivity contribution in [3.8, 4) is 0 Å². The van der Waals surface area contributed by atoms with E-state index < -0.39 is 0 Å². The first kappa shape index (κ1) is 11.2. The third kappa shape index (κ3) is 7.34. The van der Waals surface area contributed by atoms with Crippen LogP contribution in [0.15, 0.2) is 4.99 Å². The Morgan fingerprint density at radius 3 is 2.58 bits per heavy atom. The molecule has 1 unspecified atom stereocenters. The number of guanidine groups is 1. The first-order valence-electron chi connectivity index (χ1n) is 4.40. The van der Waals surface area contributed by atoms with Gasteiger partial charge in [0.05, 0.1) is 6.10 Å². The summed E-state index contributed by atoms with van der Waals surface area (Å²) in [5, 5.41) is 9.34. The van der Waals surface area contributed by atoms with Gasteiger partial charge in [0, 0.05) is 6.54 Å². The highest BCUT2D eigenvalue weighted by molar-refractivity contribution is 5.75. The normalized spacial score (nSPS) is 12.5. The maximum absolute atomic E-state index is 9.34. The molecule has 0 aliphatic rings. The van der Waals surface area contributed by atoms with E-state index in [0.717, 1.165) is 19.3 Å². The first-order valence-corrected chi connectivity index (χ1v) is 4.40. The van der Waals surface area contributed by atoms with Gasteiger partial charge in [0.2, 0.25) is 0 Å². The van der Waals surface area contributed by atoms with E-state index in [0.29, 0.717) is 13.0 Å². The minimum absolute atomic E-state index is 0.0951. The Morgan fingerprint density at radius 1 is 1.42 bits per heavy atom. The molecular formula is C8H19N3O. The summed E-state index contributed by atoms with van der Waals surface area (Å²) in [5.41, 5.74) is 10.2. The number of aliphatic hydroxyl groups excluding tert-OH is 1. The predicted molar refractivity (Wildman–Crippen MR) is 50.8 cm³/mol. The molecule has 0 aliphatic carbocycles. The molecule has 0 rings (SSSR count). The van der Waals surface area contributed by atoms with E-state index in [9.17, 15) is 5.11 Å². The van der Waals surface area contributed by atoms with Crippen molar-refractivity contribution in [1.29, 1.82) is 0 Å². The van der Waals surface area contributed by atoms with Crippen molar-refractivity contribution in [2.24, 2.45) is 16.5 Å². The topological polar surface area (TPSA) is 84.6 Å². The third-order valence-electron chi connectivity index (χ3n) is 1.65. The maximum Gasteiger partial charge on any atom is 0.185 e. The third-order valence-corrected chi connectivity index (χ3v) is 1.65. The molecule has 0 aliphatic heterocycles. The van der Waals surface area contributed by atoms with Crippen molar-refractivity contribution in [2.75, 3.05) is 6.54 Å². The van der Waals surface area contributed by atoms with Gasteiger partial charge in [-0.1, -0.05) is 19.8 Å². The average molecular weight is 173 g/mol. The number of hydrogen-bond acceptors (Lipinski definition) is 2. The highest BCUT2D eigenvalue weighted by Gasteiger charge is 2.01. The van der Waals surface area contributed by atoms with Gasteiger partial charge in [0.15, 0.2) is 5.96 Å². The number of hydrogen-bond donors (Lipinski definition) is 3. The molecule has 0 radical (unpaired) electrons. The summed E-state index contributed by atoms with van der Waals surface area (Å²) in [6, 6.07) is 0. The van der Waals surface area contributed by atoms with Gasteiger partial charge in [-0.25, -0.2) is 0 Å². The summed E-state index contributed by atoms with van der Waals surface area (Å²) in [6.45, 7) is 2.62. The molecule has 0 fully saturated rings. The monoisotopic (exact) mass is 173 g/mol. The van der Waals surface area contributed by atoms with Crippen molar-refractivity contribution in [2.45, 2.75) is 38.7 Å². The molecule has 4 nitrogen and oxygen atoms in total. The average Bonchev–Trinajstić information content (AvgIpc) is 2.00. The quantitative estimate of drug-likeness (QED) is 0.396. The zero-order valence-electron chi connectivity index (χ0n) is 7.66. The fourth-order valence-corrected chi connectivity index (χ4v) is 0.927. The maximum atomic E-state index is 9.34. The summed E-state index contributed by atoms with van der Waals surface area (Å²) in [4.78, 5) is 3.78. The van der Waals surface area contributed by atoms with Crippen LogP contribution in [0, 0.1) is 0 Å². The van der Waals surface area contributed by atoms with E-state index in [1.807, 2.05) is 0 Å². The van der Waals surface area contributed by atoms with Crippen LogP contribution in [-0.4, -0.2) is 23.7 Å². The highest BCUT2D eigenvalue weighted by Crippen LogP contribution is 2.03. The second-order valence-corrected chi connectivity index (χ2v) is 2.89. The van der Waals surface area contributed by atoms with Gasteiger partial charge in [-0.2, -0.15) is 0 Å². The number of nitrogens with two attached hydrogens (primary N) is 2. The zero-order chi connectivity index (χ0) is 9.40. The molecular weight excluding hydrogens is 154 g/mol. The standard InChI is InChI=1S/C8H19N3O/c1-2-3-4-7(12)5-6-11-8(9)10/h7,12H,2-6H2,1H3,(H4,9,10,11). The van der Waals surface area contributed by atoms with Gasteiger partial charge in [-0.15, -0.1) is 0 Å². The molecule has 12 heavy (non-hydrogen) atoms. The van der Waals surface area contributed by atoms with E-state index in [4.69, 9.17) is 11.5 Å². The number of nitrogens with zero attached hydrogens (tertiary/aromatic N) is 1. The van der Waals surface area contributed by atoms with Gasteiger partial charge < -0.3 is 16.6 Å². The summed E-state index contributed by atoms with van der Waals surface area (Å²) < 4.78 is 0. The van der Waals surface area contributed by atoms with Crippen LogP contribution in [0.25, 0.3) is 0 Å². The lowest BCUT2D eigenvalue weighted by Crippen LogP contribution is -2.23. The lowest BCUT2D eigenvalue weighted by molar-refractivity contribution is 0.154. The fourth-order valence-electron chi connectivity index (χ4n) is 0.927. The van der Waals surface area contributed by atoms with Gasteiger partial charge in [0.25, 0.3) is 0 Å². The van der Waals surface area contributed by atoms with E-state index in [2.05, 4.69) is 11.9 Å². The van der Waals surface area contributed by atoms with Gasteiger partial charge in [-0.3, -0.25) is 4.99 Å². The number of rotatable bonds is 6. The van der Waals surface area contributed by atoms with Crippen LogP contribution < -0.4 is 11.5 Å². The van der Waals surface area contributed by atoms with Crippen LogP contribution in [0.3, 0.4) is 0 Å². The van der Waals surface area contributed by atoms with E-state index in [1.165, 1.54) is 0 Å². The van der Waals surface area contributed by atoms with Crippen molar-refractivity contribution in [3.63, 3.8) is 0 Å². The molecule has 0 aromatic carbocycles. The second kappa shape index (κ2) is 6.91. The zero-order valence-corrected chi connectivity index (χ0v) is 7.66. The number of unbranched alkanes of at least 4 members (excludes halogenated alkanes) is 1. The molecule has 5 N–H and O–H groups in total. The molecule has 0 aromatic rings. The lowest BCUT2D eigenvalue weighted by Gasteiger charge is -2.06. The smallest absolute Gasteiger partial charge is 0.185 e. The molecule has 0 saturated carbocycles. The summed E-state index contributed by atoms with van der Waals surface area (Å²) in [7, 11) is 0. The first-order chi connectivity index (χ1) is 5.66. The molecule has 72 valence electrons. The Hall–Kier alpha value is -0.770. The molecule has 0 amide bonds. The van der Waals surface area contributed by atoms with Crippen LogP contribution in [0.5, 0.6) is 0 Å². The molecule has 0 aromatic heterocycles. The van der Waals surface area contributed by atoms with Crippen molar-refractivity contribution < 1.29 is 5.11 Å². The Kier molecular flexibility index (Phi) is 6.47. The Morgan fingerprint density at radius 2 is 2.08 bits per heavy atom. The molecule has 0 spiro atoms. The summed E-state index contributed by atoms with van der Waals surface area (Å²) >= 11 is 0. The van der Waals surface area contributed by atoms with Crippen LogP contribution in [0.4, 0.5) is 0 Å². The predicted octanol–water partition coefficient (Wildman–Crippen LogP) is 0.201. The number of aliphatic imine (C=N–C) groups is 1. The Labute approximate surface area is 73.7 Å². The molecule has 4 heteroatoms. The second-order valence-electron chi connectivity index (χ2n) is 2.89. The lowest BCUT2D eigenvalue weighted by atomic mass is 10.1. The Bertz CT molecular complexity index is 132. The molecule has 1 atom stereocenters. The SMILES string of the molecule is CCCCC(O)CCN=C(N)N. The van der Waals surface area contributed by atoms with Crippen LogP contribution in [0.1, 0.15) is 32.6 Å². The van der Waals surface area contributed by atoms with Crippen molar-refractivity contribution in [3.05, 3.63) is 0 Å². The highest BCUT2D eigenvalue weighted by atomic mass is 16.3. The minimum Gasteiger partial charge on any atom is -0.393 e. The van der Waals surface area contributed by atoms with Gasteiger partial charge >= 0.3 is 0 Å². The fraction of sp³-hybridized carbons (Fsp3) is 0.875. The van der Waals surface area contributed by atoms with Crippen molar-refractivity contribution in [1.82, 2.24) is 0 Å². The molecule has 0 heterocycles. The van der Waals surface area contributed by atoms with Gasteiger partial charge in [0.1, 0.15) is 0 Å². The minimum atomic E-state index is -0.256. The van der Waals surface area contributed by atoms with Crippen LogP contribution in [0.2, 0.25) is 0 Å². The van der Waals surface area contributed by atoms with E-state index in [1.54, 1.807) is 0 Å². The Balaban J connectivity index is 3.31. The van der Waals surface area contributed by atoms with Gasteiger partial charge in [-0.05, 0) is 12.8 Å².